The number of hydrogen-bond donors (Lipinski definition) is 1. The van der Waals surface area contributed by atoms with Crippen LogP contribution >= 0.6 is 11.6 Å². The number of esters is 2. The van der Waals surface area contributed by atoms with Gasteiger partial charge in [-0.25, -0.2) is 9.59 Å². The molecular weight excluding hydrogens is 382 g/mol. The average Bonchev–Trinajstić information content (AvgIpc) is 2.76. The number of benzene rings is 1. The molecule has 0 aromatic heterocycles. The summed E-state index contributed by atoms with van der Waals surface area (Å²) in [6.07, 6.45) is 3.93. The monoisotopic (exact) mass is 407 g/mol. The fourth-order valence-corrected chi connectivity index (χ4v) is 4.34. The number of hydrogen-bond acceptors (Lipinski definition) is 6. The van der Waals surface area contributed by atoms with Gasteiger partial charge in [-0.2, -0.15) is 0 Å². The van der Waals surface area contributed by atoms with Crippen LogP contribution in [0.15, 0.2) is 36.4 Å². The number of carbonyl (C=O) groups is 2. The third kappa shape index (κ3) is 4.09. The second kappa shape index (κ2) is 7.85. The van der Waals surface area contributed by atoms with Gasteiger partial charge < -0.3 is 19.5 Å². The Morgan fingerprint density at radius 3 is 2.14 bits per heavy atom. The van der Waals surface area contributed by atoms with E-state index >= 15 is 0 Å². The van der Waals surface area contributed by atoms with E-state index in [0.29, 0.717) is 5.02 Å². The zero-order valence-corrected chi connectivity index (χ0v) is 17.1. The summed E-state index contributed by atoms with van der Waals surface area (Å²) in [7, 11) is 3.92. The topological polar surface area (TPSA) is 76.1 Å². The highest BCUT2D eigenvalue weighted by Gasteiger charge is 2.51. The minimum Gasteiger partial charge on any atom is -0.419 e. The highest BCUT2D eigenvalue weighted by molar-refractivity contribution is 6.30. The van der Waals surface area contributed by atoms with Crippen LogP contribution in [0.4, 0.5) is 0 Å². The molecule has 6 nitrogen and oxygen atoms in total. The lowest BCUT2D eigenvalue weighted by Gasteiger charge is -2.52. The van der Waals surface area contributed by atoms with Crippen LogP contribution in [0.5, 0.6) is 0 Å². The van der Waals surface area contributed by atoms with Crippen LogP contribution in [0.1, 0.15) is 38.2 Å². The van der Waals surface area contributed by atoms with Crippen molar-refractivity contribution in [3.8, 4) is 0 Å². The van der Waals surface area contributed by atoms with E-state index < -0.39 is 23.8 Å². The van der Waals surface area contributed by atoms with Gasteiger partial charge in [0.2, 0.25) is 0 Å². The minimum atomic E-state index is -1.55. The molecule has 1 aliphatic heterocycles. The Kier molecular flexibility index (Phi) is 5.84. The molecule has 1 aromatic rings. The summed E-state index contributed by atoms with van der Waals surface area (Å²) in [4.78, 5) is 25.6. The van der Waals surface area contributed by atoms with E-state index in [0.717, 1.165) is 37.0 Å². The van der Waals surface area contributed by atoms with Crippen molar-refractivity contribution in [2.75, 3.05) is 14.1 Å². The van der Waals surface area contributed by atoms with Crippen LogP contribution in [0.2, 0.25) is 5.02 Å². The fraction of sp³-hybridized carbons (Fsp3) is 0.524. The second-order valence-electron chi connectivity index (χ2n) is 8.10. The summed E-state index contributed by atoms with van der Waals surface area (Å²) in [5.41, 5.74) is -0.551. The zero-order chi connectivity index (χ0) is 20.5. The molecular formula is C21H26ClNO5. The molecule has 0 amide bonds. The first-order valence-corrected chi connectivity index (χ1v) is 9.76. The standard InChI is InChI=1S/C21H26ClNO5/c1-20(26,19-27-17(24)9-10-18(25)28-19)13-16(23(2)3)21(11-4-12-21)14-5-7-15(22)8-6-14/h5-10,16,19,26H,4,11-13H2,1-3H3. The molecule has 28 heavy (non-hydrogen) atoms. The number of cyclic esters (lactones) is 2. The smallest absolute Gasteiger partial charge is 0.334 e. The molecule has 152 valence electrons. The molecule has 3 rings (SSSR count). The Hall–Kier alpha value is -1.89. The number of carbonyl (C=O) groups excluding carboxylic acids is 2. The lowest BCUT2D eigenvalue weighted by atomic mass is 9.58. The van der Waals surface area contributed by atoms with Crippen molar-refractivity contribution in [3.05, 3.63) is 47.0 Å². The Morgan fingerprint density at radius 1 is 1.18 bits per heavy atom. The maximum atomic E-state index is 11.7. The number of nitrogens with zero attached hydrogens (tertiary/aromatic N) is 1. The lowest BCUT2D eigenvalue weighted by molar-refractivity contribution is -0.225. The number of rotatable bonds is 6. The van der Waals surface area contributed by atoms with Gasteiger partial charge in [-0.05, 0) is 58.0 Å². The Morgan fingerprint density at radius 2 is 1.71 bits per heavy atom. The van der Waals surface area contributed by atoms with Gasteiger partial charge >= 0.3 is 11.9 Å². The van der Waals surface area contributed by atoms with Gasteiger partial charge in [0, 0.05) is 28.6 Å². The van der Waals surface area contributed by atoms with Crippen LogP contribution in [-0.2, 0) is 24.5 Å². The van der Waals surface area contributed by atoms with Crippen molar-refractivity contribution in [2.45, 2.75) is 56.0 Å². The van der Waals surface area contributed by atoms with Gasteiger partial charge in [0.15, 0.2) is 0 Å². The molecule has 1 heterocycles. The van der Waals surface area contributed by atoms with E-state index in [9.17, 15) is 14.7 Å². The van der Waals surface area contributed by atoms with E-state index in [1.54, 1.807) is 0 Å². The number of halogens is 1. The molecule has 2 atom stereocenters. The summed E-state index contributed by atoms with van der Waals surface area (Å²) in [5.74, 6) is -1.43. The molecule has 1 N–H and O–H groups in total. The number of likely N-dealkylation sites (N-methyl/N-ethyl adjacent to an activating group) is 1. The van der Waals surface area contributed by atoms with Crippen molar-refractivity contribution in [1.29, 1.82) is 0 Å². The first-order valence-electron chi connectivity index (χ1n) is 9.38. The molecule has 0 bridgehead atoms. The van der Waals surface area contributed by atoms with Crippen LogP contribution in [-0.4, -0.2) is 54.0 Å². The molecule has 7 heteroatoms. The first-order chi connectivity index (χ1) is 13.1. The number of ether oxygens (including phenoxy) is 2. The van der Waals surface area contributed by atoms with Gasteiger partial charge in [-0.15, -0.1) is 0 Å². The van der Waals surface area contributed by atoms with E-state index in [-0.39, 0.29) is 17.9 Å². The molecule has 0 saturated heterocycles. The molecule has 2 unspecified atom stereocenters. The van der Waals surface area contributed by atoms with E-state index in [4.69, 9.17) is 21.1 Å². The van der Waals surface area contributed by atoms with Crippen molar-refractivity contribution in [1.82, 2.24) is 4.90 Å². The van der Waals surface area contributed by atoms with Crippen molar-refractivity contribution in [3.63, 3.8) is 0 Å². The molecule has 1 aliphatic carbocycles. The van der Waals surface area contributed by atoms with E-state index in [1.165, 1.54) is 6.92 Å². The third-order valence-corrected chi connectivity index (χ3v) is 6.09. The maximum absolute atomic E-state index is 11.7. The molecule has 0 spiro atoms. The van der Waals surface area contributed by atoms with Gasteiger partial charge in [0.25, 0.3) is 6.29 Å². The lowest BCUT2D eigenvalue weighted by Crippen LogP contribution is -2.57. The maximum Gasteiger partial charge on any atom is 0.334 e. The van der Waals surface area contributed by atoms with Crippen molar-refractivity contribution in [2.24, 2.45) is 0 Å². The molecule has 1 saturated carbocycles. The zero-order valence-electron chi connectivity index (χ0n) is 16.4. The van der Waals surface area contributed by atoms with Gasteiger partial charge in [0.05, 0.1) is 0 Å². The van der Waals surface area contributed by atoms with Crippen molar-refractivity contribution >= 4 is 23.5 Å². The van der Waals surface area contributed by atoms with Crippen LogP contribution in [0, 0.1) is 0 Å². The summed E-state index contributed by atoms with van der Waals surface area (Å²) in [6.45, 7) is 1.54. The van der Waals surface area contributed by atoms with Crippen LogP contribution in [0.25, 0.3) is 0 Å². The minimum absolute atomic E-state index is 0.0639. The quantitative estimate of drug-likeness (QED) is 0.731. The van der Waals surface area contributed by atoms with Gasteiger partial charge in [-0.3, -0.25) is 0 Å². The molecule has 2 aliphatic rings. The Labute approximate surface area is 170 Å². The molecule has 0 radical (unpaired) electrons. The summed E-state index contributed by atoms with van der Waals surface area (Å²) in [6, 6.07) is 7.75. The fourth-order valence-electron chi connectivity index (χ4n) is 4.22. The third-order valence-electron chi connectivity index (χ3n) is 5.84. The summed E-state index contributed by atoms with van der Waals surface area (Å²) in [5, 5.41) is 11.8. The van der Waals surface area contributed by atoms with E-state index in [2.05, 4.69) is 4.90 Å². The SMILES string of the molecule is CN(C)C(CC(C)(O)C1OC(=O)C=CC(=O)O1)C1(c2ccc(Cl)cc2)CCC1. The predicted octanol–water partition coefficient (Wildman–Crippen LogP) is 2.82. The Balaban J connectivity index is 1.88. The van der Waals surface area contributed by atoms with Crippen LogP contribution < -0.4 is 0 Å². The van der Waals surface area contributed by atoms with Crippen LogP contribution in [0.3, 0.4) is 0 Å². The highest BCUT2D eigenvalue weighted by Crippen LogP contribution is 2.50. The first kappa shape index (κ1) is 20.8. The largest absolute Gasteiger partial charge is 0.419 e. The second-order valence-corrected chi connectivity index (χ2v) is 8.53. The molecule has 1 aromatic carbocycles. The predicted molar refractivity (Wildman–Crippen MR) is 105 cm³/mol. The number of aliphatic hydroxyl groups is 1. The van der Waals surface area contributed by atoms with Gasteiger partial charge in [0.1, 0.15) is 5.60 Å². The normalized spacial score (nSPS) is 22.6. The summed E-state index contributed by atoms with van der Waals surface area (Å²) < 4.78 is 10.3. The highest BCUT2D eigenvalue weighted by atomic mass is 35.5. The van der Waals surface area contributed by atoms with E-state index in [1.807, 2.05) is 38.4 Å². The Bertz CT molecular complexity index is 748. The average molecular weight is 408 g/mol. The van der Waals surface area contributed by atoms with Crippen molar-refractivity contribution < 1.29 is 24.2 Å². The molecule has 1 fully saturated rings. The summed E-state index contributed by atoms with van der Waals surface area (Å²) >= 11 is 6.06. The van der Waals surface area contributed by atoms with Gasteiger partial charge in [-0.1, -0.05) is 30.2 Å².